The van der Waals surface area contributed by atoms with Crippen LogP contribution in [0.5, 0.6) is 11.5 Å². The van der Waals surface area contributed by atoms with Crippen LogP contribution < -0.4 is 20.3 Å². The highest BCUT2D eigenvalue weighted by molar-refractivity contribution is 6.17. The zero-order chi connectivity index (χ0) is 16.9. The van der Waals surface area contributed by atoms with Gasteiger partial charge in [0.25, 0.3) is 0 Å². The molecule has 1 aliphatic rings. The van der Waals surface area contributed by atoms with Crippen molar-refractivity contribution in [2.45, 2.75) is 6.04 Å². The van der Waals surface area contributed by atoms with Crippen LogP contribution in [0.15, 0.2) is 53.7 Å². The standard InChI is InChI=1S/C17H17N3O4/c1-22-13-7-3-11(4-8-13)15-16(17(21)24-20-15)19-18-12-5-9-14(23-2)10-6-12/h3-10,16,18-19H,1-2H3. The molecule has 1 unspecified atom stereocenters. The molecule has 2 N–H and O–H groups in total. The summed E-state index contributed by atoms with van der Waals surface area (Å²) >= 11 is 0. The van der Waals surface area contributed by atoms with Crippen LogP contribution in [0.1, 0.15) is 5.56 Å². The third kappa shape index (κ3) is 3.31. The van der Waals surface area contributed by atoms with E-state index in [-0.39, 0.29) is 0 Å². The fraction of sp³-hybridized carbons (Fsp3) is 0.176. The Labute approximate surface area is 139 Å². The first kappa shape index (κ1) is 15.8. The van der Waals surface area contributed by atoms with Gasteiger partial charge in [0, 0.05) is 11.3 Å². The van der Waals surface area contributed by atoms with Crippen LogP contribution in [0.2, 0.25) is 0 Å². The molecule has 0 amide bonds. The van der Waals surface area contributed by atoms with Crippen LogP contribution in [0.4, 0.5) is 5.69 Å². The maximum absolute atomic E-state index is 11.9. The van der Waals surface area contributed by atoms with E-state index >= 15 is 0 Å². The van der Waals surface area contributed by atoms with Crippen LogP contribution >= 0.6 is 0 Å². The monoisotopic (exact) mass is 327 g/mol. The molecule has 2 aromatic rings. The summed E-state index contributed by atoms with van der Waals surface area (Å²) in [5, 5.41) is 3.87. The molecule has 7 nitrogen and oxygen atoms in total. The smallest absolute Gasteiger partial charge is 0.359 e. The predicted octanol–water partition coefficient (Wildman–Crippen LogP) is 1.95. The second-order valence-corrected chi connectivity index (χ2v) is 5.05. The van der Waals surface area contributed by atoms with Crippen molar-refractivity contribution in [1.82, 2.24) is 5.43 Å². The van der Waals surface area contributed by atoms with Gasteiger partial charge < -0.3 is 19.7 Å². The van der Waals surface area contributed by atoms with Crippen molar-refractivity contribution in [1.29, 1.82) is 0 Å². The number of anilines is 1. The number of hydrazine groups is 1. The molecule has 0 aromatic heterocycles. The van der Waals surface area contributed by atoms with Crippen LogP contribution in [0.25, 0.3) is 0 Å². The van der Waals surface area contributed by atoms with Gasteiger partial charge in [0.05, 0.1) is 14.2 Å². The summed E-state index contributed by atoms with van der Waals surface area (Å²) in [5.41, 5.74) is 7.97. The highest BCUT2D eigenvalue weighted by Crippen LogP contribution is 2.18. The average Bonchev–Trinajstić information content (AvgIpc) is 3.01. The molecule has 1 atom stereocenters. The van der Waals surface area contributed by atoms with Crippen molar-refractivity contribution in [3.05, 3.63) is 54.1 Å². The molecule has 24 heavy (non-hydrogen) atoms. The fourth-order valence-electron chi connectivity index (χ4n) is 2.25. The first-order chi connectivity index (χ1) is 11.7. The Bertz CT molecular complexity index is 741. The van der Waals surface area contributed by atoms with E-state index in [0.717, 1.165) is 22.7 Å². The van der Waals surface area contributed by atoms with E-state index in [1.165, 1.54) is 0 Å². The van der Waals surface area contributed by atoms with Gasteiger partial charge in [-0.2, -0.15) is 0 Å². The quantitative estimate of drug-likeness (QED) is 0.623. The van der Waals surface area contributed by atoms with Crippen molar-refractivity contribution in [3.63, 3.8) is 0 Å². The number of carbonyl (C=O) groups is 1. The molecule has 3 rings (SSSR count). The van der Waals surface area contributed by atoms with Gasteiger partial charge in [-0.1, -0.05) is 5.16 Å². The Morgan fingerprint density at radius 2 is 1.54 bits per heavy atom. The highest BCUT2D eigenvalue weighted by atomic mass is 16.7. The summed E-state index contributed by atoms with van der Waals surface area (Å²) in [6, 6.07) is 13.8. The number of oxime groups is 1. The minimum absolute atomic E-state index is 0.471. The van der Waals surface area contributed by atoms with Gasteiger partial charge in [0.2, 0.25) is 0 Å². The van der Waals surface area contributed by atoms with Gasteiger partial charge in [-0.15, -0.1) is 0 Å². The van der Waals surface area contributed by atoms with E-state index < -0.39 is 12.0 Å². The first-order valence-corrected chi connectivity index (χ1v) is 7.30. The molecule has 124 valence electrons. The largest absolute Gasteiger partial charge is 0.497 e. The molecule has 1 aliphatic heterocycles. The Morgan fingerprint density at radius 3 is 2.12 bits per heavy atom. The molecule has 0 radical (unpaired) electrons. The number of rotatable bonds is 6. The average molecular weight is 327 g/mol. The lowest BCUT2D eigenvalue weighted by Crippen LogP contribution is -2.43. The van der Waals surface area contributed by atoms with Crippen molar-refractivity contribution in [2.24, 2.45) is 5.16 Å². The Balaban J connectivity index is 1.70. The normalized spacial score (nSPS) is 16.3. The zero-order valence-electron chi connectivity index (χ0n) is 13.3. The Hall–Kier alpha value is -3.06. The molecule has 0 spiro atoms. The minimum atomic E-state index is -0.708. The number of nitrogens with zero attached hydrogens (tertiary/aromatic N) is 1. The lowest BCUT2D eigenvalue weighted by Gasteiger charge is -2.14. The summed E-state index contributed by atoms with van der Waals surface area (Å²) in [6.07, 6.45) is 0. The van der Waals surface area contributed by atoms with Crippen molar-refractivity contribution >= 4 is 17.4 Å². The van der Waals surface area contributed by atoms with Crippen LogP contribution in [-0.2, 0) is 9.63 Å². The van der Waals surface area contributed by atoms with E-state index in [1.54, 1.807) is 26.4 Å². The highest BCUT2D eigenvalue weighted by Gasteiger charge is 2.33. The van der Waals surface area contributed by atoms with Gasteiger partial charge >= 0.3 is 5.97 Å². The number of hydrogen-bond acceptors (Lipinski definition) is 7. The molecule has 0 bridgehead atoms. The topological polar surface area (TPSA) is 81.2 Å². The second-order valence-electron chi connectivity index (χ2n) is 5.05. The molecule has 7 heteroatoms. The molecular formula is C17H17N3O4. The fourth-order valence-corrected chi connectivity index (χ4v) is 2.25. The maximum Gasteiger partial charge on any atom is 0.359 e. The second kappa shape index (κ2) is 7.01. The maximum atomic E-state index is 11.9. The number of benzene rings is 2. The Kier molecular flexibility index (Phi) is 4.62. The van der Waals surface area contributed by atoms with Crippen molar-refractivity contribution < 1.29 is 19.1 Å². The first-order valence-electron chi connectivity index (χ1n) is 7.30. The van der Waals surface area contributed by atoms with Gasteiger partial charge in [0.1, 0.15) is 17.2 Å². The molecule has 1 heterocycles. The van der Waals surface area contributed by atoms with Crippen LogP contribution in [-0.4, -0.2) is 31.9 Å². The summed E-state index contributed by atoms with van der Waals surface area (Å²) < 4.78 is 10.2. The number of carbonyl (C=O) groups excluding carboxylic acids is 1. The Morgan fingerprint density at radius 1 is 0.958 bits per heavy atom. The molecule has 0 saturated carbocycles. The number of ether oxygens (including phenoxy) is 2. The number of hydrogen-bond donors (Lipinski definition) is 2. The van der Waals surface area contributed by atoms with Gasteiger partial charge in [-0.25, -0.2) is 10.2 Å². The van der Waals surface area contributed by atoms with E-state index in [9.17, 15) is 4.79 Å². The summed E-state index contributed by atoms with van der Waals surface area (Å²) in [4.78, 5) is 16.7. The summed E-state index contributed by atoms with van der Waals surface area (Å²) in [6.45, 7) is 0. The minimum Gasteiger partial charge on any atom is -0.497 e. The third-order valence-corrected chi connectivity index (χ3v) is 3.58. The lowest BCUT2D eigenvalue weighted by molar-refractivity contribution is -0.141. The lowest BCUT2D eigenvalue weighted by atomic mass is 10.0. The van der Waals surface area contributed by atoms with E-state index in [4.69, 9.17) is 14.3 Å². The molecular weight excluding hydrogens is 310 g/mol. The number of nitrogens with one attached hydrogen (secondary N) is 2. The third-order valence-electron chi connectivity index (χ3n) is 3.58. The molecule has 0 aliphatic carbocycles. The zero-order valence-corrected chi connectivity index (χ0v) is 13.3. The van der Waals surface area contributed by atoms with E-state index in [2.05, 4.69) is 16.0 Å². The van der Waals surface area contributed by atoms with Gasteiger partial charge in [-0.3, -0.25) is 0 Å². The SMILES string of the molecule is COc1ccc(NNC2C(=O)ON=C2c2ccc(OC)cc2)cc1. The molecule has 2 aromatic carbocycles. The summed E-state index contributed by atoms with van der Waals surface area (Å²) in [7, 11) is 3.20. The summed E-state index contributed by atoms with van der Waals surface area (Å²) in [5.74, 6) is 1.01. The predicted molar refractivity (Wildman–Crippen MR) is 89.2 cm³/mol. The van der Waals surface area contributed by atoms with Crippen molar-refractivity contribution in [2.75, 3.05) is 19.6 Å². The van der Waals surface area contributed by atoms with E-state index in [1.807, 2.05) is 36.4 Å². The molecule has 0 fully saturated rings. The van der Waals surface area contributed by atoms with Crippen molar-refractivity contribution in [3.8, 4) is 11.5 Å². The number of methoxy groups -OCH3 is 2. The molecule has 0 saturated heterocycles. The van der Waals surface area contributed by atoms with Crippen LogP contribution in [0.3, 0.4) is 0 Å². The van der Waals surface area contributed by atoms with Crippen LogP contribution in [0, 0.1) is 0 Å². The van der Waals surface area contributed by atoms with Gasteiger partial charge in [0.15, 0.2) is 6.04 Å². The van der Waals surface area contributed by atoms with Gasteiger partial charge in [-0.05, 0) is 48.5 Å². The van der Waals surface area contributed by atoms with E-state index in [0.29, 0.717) is 5.71 Å².